The lowest BCUT2D eigenvalue weighted by Gasteiger charge is -1.97. The van der Waals surface area contributed by atoms with Gasteiger partial charge in [0.2, 0.25) is 0 Å². The Hall–Kier alpha value is -1.32. The van der Waals surface area contributed by atoms with E-state index in [0.717, 1.165) is 5.69 Å². The first kappa shape index (κ1) is 10.7. The molecule has 0 saturated heterocycles. The number of carbonyl (C=O) groups is 1. The molecule has 0 aliphatic rings. The number of H-pyrrole nitrogens is 1. The summed E-state index contributed by atoms with van der Waals surface area (Å²) >= 11 is 0. The third-order valence-corrected chi connectivity index (χ3v) is 1.30. The zero-order valence-electron chi connectivity index (χ0n) is 6.55. The molecule has 1 rings (SSSR count). The molecule has 0 aliphatic heterocycles. The molecule has 0 aromatic carbocycles. The number of imidazole rings is 1. The Morgan fingerprint density at radius 1 is 1.75 bits per heavy atom. The fourth-order valence-electron chi connectivity index (χ4n) is 0.764. The summed E-state index contributed by atoms with van der Waals surface area (Å²) in [5.74, 6) is -0.369. The van der Waals surface area contributed by atoms with Gasteiger partial charge >= 0.3 is 5.97 Å². The maximum absolute atomic E-state index is 11.0. The summed E-state index contributed by atoms with van der Waals surface area (Å²) in [6, 6.07) is 0. The molecule has 0 atom stereocenters. The van der Waals surface area contributed by atoms with Crippen molar-refractivity contribution < 1.29 is 9.53 Å². The first-order valence-electron chi connectivity index (χ1n) is 3.42. The summed E-state index contributed by atoms with van der Waals surface area (Å²) in [7, 11) is 0. The third-order valence-electron chi connectivity index (χ3n) is 1.30. The second kappa shape index (κ2) is 4.54. The maximum atomic E-state index is 11.0. The Balaban J connectivity index is 0.00000121. The minimum atomic E-state index is -0.369. The average molecular weight is 170 g/mol. The van der Waals surface area contributed by atoms with Gasteiger partial charge in [0, 0.05) is 5.69 Å². The van der Waals surface area contributed by atoms with Crippen molar-refractivity contribution in [1.82, 2.24) is 9.97 Å². The van der Waals surface area contributed by atoms with Crippen molar-refractivity contribution in [3.63, 3.8) is 0 Å². The van der Waals surface area contributed by atoms with Crippen LogP contribution in [0.5, 0.6) is 0 Å². The van der Waals surface area contributed by atoms with Crippen LogP contribution in [0, 0.1) is 6.92 Å². The van der Waals surface area contributed by atoms with Crippen LogP contribution in [-0.2, 0) is 4.74 Å². The zero-order chi connectivity index (χ0) is 8.27. The molecule has 0 spiro atoms. The number of aromatic nitrogens is 2. The molecular formula is C8H14N2O2. The van der Waals surface area contributed by atoms with E-state index in [-0.39, 0.29) is 13.4 Å². The van der Waals surface area contributed by atoms with Gasteiger partial charge in [-0.15, -0.1) is 0 Å². The monoisotopic (exact) mass is 170 g/mol. The SMILES string of the molecule is C.CCOC(=O)c1nc[nH]c1C. The highest BCUT2D eigenvalue weighted by molar-refractivity contribution is 5.88. The van der Waals surface area contributed by atoms with E-state index in [1.54, 1.807) is 13.8 Å². The summed E-state index contributed by atoms with van der Waals surface area (Å²) in [6.45, 7) is 3.92. The van der Waals surface area contributed by atoms with E-state index < -0.39 is 0 Å². The van der Waals surface area contributed by atoms with Crippen molar-refractivity contribution in [3.05, 3.63) is 17.7 Å². The Bertz CT molecular complexity index is 255. The minimum absolute atomic E-state index is 0. The number of hydrogen-bond acceptors (Lipinski definition) is 3. The van der Waals surface area contributed by atoms with Gasteiger partial charge in [0.1, 0.15) is 0 Å². The van der Waals surface area contributed by atoms with Gasteiger partial charge in [-0.3, -0.25) is 0 Å². The minimum Gasteiger partial charge on any atom is -0.461 e. The number of rotatable bonds is 2. The van der Waals surface area contributed by atoms with Crippen LogP contribution in [0.4, 0.5) is 0 Å². The van der Waals surface area contributed by atoms with Gasteiger partial charge < -0.3 is 9.72 Å². The highest BCUT2D eigenvalue weighted by Gasteiger charge is 2.11. The summed E-state index contributed by atoms with van der Waals surface area (Å²) in [5.41, 5.74) is 1.11. The van der Waals surface area contributed by atoms with Gasteiger partial charge in [-0.05, 0) is 13.8 Å². The van der Waals surface area contributed by atoms with Crippen molar-refractivity contribution >= 4 is 5.97 Å². The van der Waals surface area contributed by atoms with E-state index in [2.05, 4.69) is 9.97 Å². The van der Waals surface area contributed by atoms with Crippen LogP contribution in [0.25, 0.3) is 0 Å². The summed E-state index contributed by atoms with van der Waals surface area (Å²) in [5, 5.41) is 0. The van der Waals surface area contributed by atoms with Gasteiger partial charge in [-0.25, -0.2) is 9.78 Å². The van der Waals surface area contributed by atoms with Gasteiger partial charge in [0.15, 0.2) is 5.69 Å². The molecule has 4 nitrogen and oxygen atoms in total. The second-order valence-corrected chi connectivity index (χ2v) is 2.10. The van der Waals surface area contributed by atoms with E-state index in [9.17, 15) is 4.79 Å². The fourth-order valence-corrected chi connectivity index (χ4v) is 0.764. The lowest BCUT2D eigenvalue weighted by Crippen LogP contribution is -2.06. The maximum Gasteiger partial charge on any atom is 0.358 e. The molecule has 4 heteroatoms. The van der Waals surface area contributed by atoms with Crippen LogP contribution >= 0.6 is 0 Å². The molecule has 12 heavy (non-hydrogen) atoms. The first-order chi connectivity index (χ1) is 5.25. The highest BCUT2D eigenvalue weighted by atomic mass is 16.5. The number of hydrogen-bond donors (Lipinski definition) is 1. The molecule has 0 saturated carbocycles. The first-order valence-corrected chi connectivity index (χ1v) is 3.42. The quantitative estimate of drug-likeness (QED) is 0.685. The lowest BCUT2D eigenvalue weighted by atomic mass is 10.3. The van der Waals surface area contributed by atoms with Crippen molar-refractivity contribution in [2.45, 2.75) is 21.3 Å². The third kappa shape index (κ3) is 2.08. The number of aromatic amines is 1. The summed E-state index contributed by atoms with van der Waals surface area (Å²) < 4.78 is 4.75. The topological polar surface area (TPSA) is 55.0 Å². The molecule has 0 bridgehead atoms. The molecule has 1 aromatic rings. The van der Waals surface area contributed by atoms with Crippen LogP contribution in [0.2, 0.25) is 0 Å². The van der Waals surface area contributed by atoms with Gasteiger partial charge in [0.05, 0.1) is 12.9 Å². The van der Waals surface area contributed by atoms with Crippen LogP contribution in [-0.4, -0.2) is 22.5 Å². The predicted molar refractivity (Wildman–Crippen MR) is 46.0 cm³/mol. The smallest absolute Gasteiger partial charge is 0.358 e. The molecule has 1 heterocycles. The number of nitrogens with one attached hydrogen (secondary N) is 1. The molecule has 0 fully saturated rings. The lowest BCUT2D eigenvalue weighted by molar-refractivity contribution is 0.0519. The molecule has 0 unspecified atom stereocenters. The molecule has 0 aliphatic carbocycles. The van der Waals surface area contributed by atoms with E-state index in [0.29, 0.717) is 12.3 Å². The second-order valence-electron chi connectivity index (χ2n) is 2.10. The van der Waals surface area contributed by atoms with E-state index in [1.165, 1.54) is 6.33 Å². The Kier molecular flexibility index (Phi) is 4.04. The number of carbonyl (C=O) groups excluding carboxylic acids is 1. The highest BCUT2D eigenvalue weighted by Crippen LogP contribution is 2.01. The van der Waals surface area contributed by atoms with Gasteiger partial charge in [-0.1, -0.05) is 7.43 Å². The number of esters is 1. The van der Waals surface area contributed by atoms with Gasteiger partial charge in [0.25, 0.3) is 0 Å². The zero-order valence-corrected chi connectivity index (χ0v) is 6.55. The molecule has 0 amide bonds. The van der Waals surface area contributed by atoms with Crippen molar-refractivity contribution in [2.75, 3.05) is 6.61 Å². The number of nitrogens with zero attached hydrogens (tertiary/aromatic N) is 1. The summed E-state index contributed by atoms with van der Waals surface area (Å²) in [6.07, 6.45) is 1.47. The standard InChI is InChI=1S/C7H10N2O2.CH4/c1-3-11-7(10)6-5(2)8-4-9-6;/h4H,3H2,1-2H3,(H,8,9);1H4. The van der Waals surface area contributed by atoms with Gasteiger partial charge in [-0.2, -0.15) is 0 Å². The largest absolute Gasteiger partial charge is 0.461 e. The normalized spacial score (nSPS) is 8.83. The molecule has 68 valence electrons. The molecule has 0 radical (unpaired) electrons. The van der Waals surface area contributed by atoms with Crippen LogP contribution in [0.15, 0.2) is 6.33 Å². The average Bonchev–Trinajstić information content (AvgIpc) is 2.36. The van der Waals surface area contributed by atoms with Crippen molar-refractivity contribution in [1.29, 1.82) is 0 Å². The van der Waals surface area contributed by atoms with Crippen molar-refractivity contribution in [2.24, 2.45) is 0 Å². The molecule has 1 aromatic heterocycles. The molecular weight excluding hydrogens is 156 g/mol. The summed E-state index contributed by atoms with van der Waals surface area (Å²) in [4.78, 5) is 17.6. The van der Waals surface area contributed by atoms with E-state index in [1.807, 2.05) is 0 Å². The Morgan fingerprint density at radius 2 is 2.42 bits per heavy atom. The van der Waals surface area contributed by atoms with Crippen LogP contribution in [0.3, 0.4) is 0 Å². The van der Waals surface area contributed by atoms with Crippen LogP contribution < -0.4 is 0 Å². The Morgan fingerprint density at radius 3 is 2.83 bits per heavy atom. The fraction of sp³-hybridized carbons (Fsp3) is 0.500. The van der Waals surface area contributed by atoms with Crippen LogP contribution in [0.1, 0.15) is 30.5 Å². The predicted octanol–water partition coefficient (Wildman–Crippen LogP) is 1.53. The Labute approximate surface area is 72.0 Å². The number of aryl methyl sites for hydroxylation is 1. The van der Waals surface area contributed by atoms with E-state index >= 15 is 0 Å². The number of ether oxygens (including phenoxy) is 1. The van der Waals surface area contributed by atoms with E-state index in [4.69, 9.17) is 4.74 Å². The van der Waals surface area contributed by atoms with Crippen molar-refractivity contribution in [3.8, 4) is 0 Å². The molecule has 1 N–H and O–H groups in total.